The predicted octanol–water partition coefficient (Wildman–Crippen LogP) is 3.27. The van der Waals surface area contributed by atoms with Crippen LogP contribution in [0.2, 0.25) is 0 Å². The van der Waals surface area contributed by atoms with E-state index in [2.05, 4.69) is 26.8 Å². The van der Waals surface area contributed by atoms with Gasteiger partial charge in [-0.25, -0.2) is 0 Å². The summed E-state index contributed by atoms with van der Waals surface area (Å²) in [5.74, 6) is 0.334. The summed E-state index contributed by atoms with van der Waals surface area (Å²) in [5.41, 5.74) is 1.32. The van der Waals surface area contributed by atoms with E-state index in [1.807, 2.05) is 0 Å². The molecule has 1 unspecified atom stereocenters. The van der Waals surface area contributed by atoms with Gasteiger partial charge >= 0.3 is 0 Å². The first-order valence-electron chi connectivity index (χ1n) is 8.98. The van der Waals surface area contributed by atoms with Gasteiger partial charge in [0.1, 0.15) is 6.79 Å². The number of allylic oxidation sites excluding steroid dienone is 1. The van der Waals surface area contributed by atoms with Crippen molar-refractivity contribution in [3.8, 4) is 0 Å². The second kappa shape index (κ2) is 8.11. The minimum atomic E-state index is -0.442. The largest absolute Gasteiger partial charge is 0.393 e. The van der Waals surface area contributed by atoms with Gasteiger partial charge in [0.05, 0.1) is 18.3 Å². The number of methoxy groups -OCH3 is 1. The van der Waals surface area contributed by atoms with Crippen LogP contribution in [0, 0.1) is 17.3 Å². The summed E-state index contributed by atoms with van der Waals surface area (Å²) in [6.45, 7) is 6.86. The van der Waals surface area contributed by atoms with Crippen molar-refractivity contribution in [2.24, 2.45) is 17.3 Å². The first kappa shape index (κ1) is 18.9. The predicted molar refractivity (Wildman–Crippen MR) is 91.0 cm³/mol. The molecule has 0 spiro atoms. The van der Waals surface area contributed by atoms with E-state index in [9.17, 15) is 10.2 Å². The van der Waals surface area contributed by atoms with Crippen molar-refractivity contribution >= 4 is 0 Å². The van der Waals surface area contributed by atoms with E-state index in [1.165, 1.54) is 5.57 Å². The lowest BCUT2D eigenvalue weighted by Gasteiger charge is -2.36. The standard InChI is InChI=1S/C19H34O4/c1-13-5-7-19(3)8-6-16(20)18(19)17(21)11-14(2)10-15(9-13)23-12-22-4/h5,14-18,20-21H,6-12H2,1-4H3/b13-5-/t14-,15?,16+,17+,18+,19-/m1/s1. The van der Waals surface area contributed by atoms with Gasteiger partial charge in [-0.05, 0) is 56.8 Å². The van der Waals surface area contributed by atoms with Crippen LogP contribution < -0.4 is 0 Å². The van der Waals surface area contributed by atoms with Gasteiger partial charge in [-0.15, -0.1) is 0 Å². The first-order chi connectivity index (χ1) is 10.9. The fourth-order valence-electron chi connectivity index (χ4n) is 4.58. The molecule has 0 aliphatic heterocycles. The Kier molecular flexibility index (Phi) is 6.66. The van der Waals surface area contributed by atoms with E-state index in [0.29, 0.717) is 12.7 Å². The first-order valence-corrected chi connectivity index (χ1v) is 8.98. The van der Waals surface area contributed by atoms with Crippen LogP contribution in [0.1, 0.15) is 59.3 Å². The van der Waals surface area contributed by atoms with Crippen molar-refractivity contribution in [1.29, 1.82) is 0 Å². The molecule has 23 heavy (non-hydrogen) atoms. The molecule has 134 valence electrons. The molecular weight excluding hydrogens is 292 g/mol. The van der Waals surface area contributed by atoms with E-state index >= 15 is 0 Å². The lowest BCUT2D eigenvalue weighted by molar-refractivity contribution is -0.0805. The summed E-state index contributed by atoms with van der Waals surface area (Å²) in [5, 5.41) is 21.2. The van der Waals surface area contributed by atoms with Gasteiger partial charge in [0, 0.05) is 13.0 Å². The second-order valence-corrected chi connectivity index (χ2v) is 8.08. The number of ether oxygens (including phenoxy) is 2. The van der Waals surface area contributed by atoms with Gasteiger partial charge < -0.3 is 19.7 Å². The van der Waals surface area contributed by atoms with E-state index in [4.69, 9.17) is 9.47 Å². The lowest BCUT2D eigenvalue weighted by Crippen LogP contribution is -2.38. The molecule has 1 fully saturated rings. The third kappa shape index (κ3) is 4.79. The molecule has 0 amide bonds. The van der Waals surface area contributed by atoms with Crippen LogP contribution in [0.25, 0.3) is 0 Å². The van der Waals surface area contributed by atoms with Crippen molar-refractivity contribution in [3.05, 3.63) is 11.6 Å². The Balaban J connectivity index is 2.19. The van der Waals surface area contributed by atoms with Gasteiger partial charge in [0.2, 0.25) is 0 Å². The molecule has 4 heteroatoms. The Labute approximate surface area is 140 Å². The Morgan fingerprint density at radius 2 is 2.00 bits per heavy atom. The monoisotopic (exact) mass is 326 g/mol. The van der Waals surface area contributed by atoms with Crippen LogP contribution in [0.5, 0.6) is 0 Å². The molecular formula is C19H34O4. The van der Waals surface area contributed by atoms with Gasteiger partial charge in [0.15, 0.2) is 0 Å². The van der Waals surface area contributed by atoms with Gasteiger partial charge in [-0.2, -0.15) is 0 Å². The average molecular weight is 326 g/mol. The number of rotatable bonds is 3. The van der Waals surface area contributed by atoms with Crippen LogP contribution >= 0.6 is 0 Å². The maximum atomic E-state index is 10.8. The fourth-order valence-corrected chi connectivity index (χ4v) is 4.58. The molecule has 6 atom stereocenters. The maximum Gasteiger partial charge on any atom is 0.146 e. The van der Waals surface area contributed by atoms with E-state index in [-0.39, 0.29) is 23.5 Å². The van der Waals surface area contributed by atoms with Gasteiger partial charge in [0.25, 0.3) is 0 Å². The Morgan fingerprint density at radius 3 is 2.70 bits per heavy atom. The molecule has 2 rings (SSSR count). The van der Waals surface area contributed by atoms with Crippen LogP contribution in [0.15, 0.2) is 11.6 Å². The molecule has 0 saturated heterocycles. The molecule has 0 radical (unpaired) electrons. The van der Waals surface area contributed by atoms with Crippen LogP contribution in [0.3, 0.4) is 0 Å². The number of fused-ring (bicyclic) bond motifs is 1. The van der Waals surface area contributed by atoms with Crippen molar-refractivity contribution in [3.63, 3.8) is 0 Å². The number of aliphatic hydroxyl groups excluding tert-OH is 2. The van der Waals surface area contributed by atoms with Gasteiger partial charge in [-0.3, -0.25) is 0 Å². The highest BCUT2D eigenvalue weighted by Gasteiger charge is 2.47. The minimum absolute atomic E-state index is 0.00691. The zero-order valence-electron chi connectivity index (χ0n) is 15.1. The number of hydrogen-bond acceptors (Lipinski definition) is 4. The summed E-state index contributed by atoms with van der Waals surface area (Å²) in [7, 11) is 1.64. The average Bonchev–Trinajstić information content (AvgIpc) is 2.77. The summed E-state index contributed by atoms with van der Waals surface area (Å²) < 4.78 is 10.9. The zero-order chi connectivity index (χ0) is 17.0. The third-order valence-electron chi connectivity index (χ3n) is 5.84. The van der Waals surface area contributed by atoms with Crippen molar-refractivity contribution in [2.75, 3.05) is 13.9 Å². The number of aliphatic hydroxyl groups is 2. The molecule has 2 N–H and O–H groups in total. The Bertz CT molecular complexity index is 408. The summed E-state index contributed by atoms with van der Waals surface area (Å²) in [4.78, 5) is 0. The van der Waals surface area contributed by atoms with Crippen LogP contribution in [0.4, 0.5) is 0 Å². The molecule has 2 aliphatic rings. The minimum Gasteiger partial charge on any atom is -0.393 e. The van der Waals surface area contributed by atoms with Crippen LogP contribution in [-0.2, 0) is 9.47 Å². The Hall–Kier alpha value is -0.420. The van der Waals surface area contributed by atoms with E-state index in [1.54, 1.807) is 7.11 Å². The summed E-state index contributed by atoms with van der Waals surface area (Å²) in [6, 6.07) is 0. The molecule has 4 nitrogen and oxygen atoms in total. The lowest BCUT2D eigenvalue weighted by atomic mass is 9.72. The normalized spacial score (nSPS) is 45.0. The molecule has 0 aromatic carbocycles. The Morgan fingerprint density at radius 1 is 1.26 bits per heavy atom. The topological polar surface area (TPSA) is 58.9 Å². The summed E-state index contributed by atoms with van der Waals surface area (Å²) in [6.07, 6.45) is 6.85. The highest BCUT2D eigenvalue weighted by Crippen LogP contribution is 2.49. The molecule has 1 saturated carbocycles. The van der Waals surface area contributed by atoms with Crippen LogP contribution in [-0.4, -0.2) is 42.4 Å². The zero-order valence-corrected chi connectivity index (χ0v) is 15.1. The van der Waals surface area contributed by atoms with E-state index < -0.39 is 6.10 Å². The molecule has 0 aromatic heterocycles. The smallest absolute Gasteiger partial charge is 0.146 e. The number of hydrogen-bond donors (Lipinski definition) is 2. The van der Waals surface area contributed by atoms with Crippen molar-refractivity contribution < 1.29 is 19.7 Å². The third-order valence-corrected chi connectivity index (χ3v) is 5.84. The fraction of sp³-hybridized carbons (Fsp3) is 0.895. The molecule has 0 bridgehead atoms. The van der Waals surface area contributed by atoms with Crippen molar-refractivity contribution in [1.82, 2.24) is 0 Å². The SMILES string of the molecule is COCOC1C/C(C)=C\C[C@]2(C)CC[C@H](O)[C@H]2[C@@H](O)C[C@H](C)C1. The van der Waals surface area contributed by atoms with E-state index in [0.717, 1.165) is 38.5 Å². The highest BCUT2D eigenvalue weighted by atomic mass is 16.7. The molecule has 2 aliphatic carbocycles. The highest BCUT2D eigenvalue weighted by molar-refractivity contribution is 5.07. The van der Waals surface area contributed by atoms with Gasteiger partial charge in [-0.1, -0.05) is 25.5 Å². The van der Waals surface area contributed by atoms with Crippen molar-refractivity contribution in [2.45, 2.75) is 77.6 Å². The quantitative estimate of drug-likeness (QED) is 0.617. The molecule has 0 heterocycles. The molecule has 0 aromatic rings. The summed E-state index contributed by atoms with van der Waals surface area (Å²) >= 11 is 0. The maximum absolute atomic E-state index is 10.8. The second-order valence-electron chi connectivity index (χ2n) is 8.08.